The average molecular weight is 872 g/mol. The first-order valence-corrected chi connectivity index (χ1v) is 20.8. The number of para-hydroxylation sites is 1. The Kier molecular flexibility index (Phi) is 14.2. The number of carbonyl (C=O) groups excluding carboxylic acids is 4. The Balaban J connectivity index is 1.44. The number of carbonyl (C=O) groups is 6. The number of nitrogens with zero attached hydrogens (tertiary/aromatic N) is 5. The Bertz CT molecular complexity index is 2030. The number of likely N-dealkylation sites (tertiary alicyclic amines) is 2. The molecule has 2 aliphatic heterocycles. The van der Waals surface area contributed by atoms with Crippen LogP contribution >= 0.6 is 0 Å². The zero-order valence-corrected chi connectivity index (χ0v) is 37.4. The smallest absolute Gasteiger partial charge is 0.407 e. The van der Waals surface area contributed by atoms with E-state index in [1.165, 1.54) is 38.1 Å². The minimum absolute atomic E-state index is 0.192. The third kappa shape index (κ3) is 9.02. The molecule has 0 aliphatic carbocycles. The molecule has 0 spiro atoms. The number of hydrogen-bond donors (Lipinski definition) is 4. The second-order valence-corrected chi connectivity index (χ2v) is 17.4. The molecule has 340 valence electrons. The lowest BCUT2D eigenvalue weighted by molar-refractivity contribution is -0.155. The van der Waals surface area contributed by atoms with Gasteiger partial charge in [0, 0.05) is 60.2 Å². The second-order valence-electron chi connectivity index (χ2n) is 17.4. The topological polar surface area (TPSA) is 230 Å². The van der Waals surface area contributed by atoms with E-state index in [9.17, 15) is 39.0 Å². The number of likely N-dealkylation sites (N-methyl/N-ethyl adjacent to an activating group) is 2. The fourth-order valence-corrected chi connectivity index (χ4v) is 9.32. The molecule has 17 heteroatoms. The van der Waals surface area contributed by atoms with Crippen LogP contribution in [-0.2, 0) is 52.8 Å². The third-order valence-corrected chi connectivity index (χ3v) is 13.1. The first-order valence-electron chi connectivity index (χ1n) is 20.8. The zero-order valence-electron chi connectivity index (χ0n) is 37.4. The van der Waals surface area contributed by atoms with Crippen molar-refractivity contribution in [1.29, 1.82) is 0 Å². The average Bonchev–Trinajstić information content (AvgIpc) is 3.92. The van der Waals surface area contributed by atoms with Crippen LogP contribution in [0.25, 0.3) is 0 Å². The summed E-state index contributed by atoms with van der Waals surface area (Å²) in [4.78, 5) is 86.5. The lowest BCUT2D eigenvalue weighted by Gasteiger charge is -2.43. The van der Waals surface area contributed by atoms with Gasteiger partial charge in [0.1, 0.15) is 23.2 Å². The van der Waals surface area contributed by atoms with Crippen molar-refractivity contribution in [3.05, 3.63) is 101 Å². The van der Waals surface area contributed by atoms with Crippen molar-refractivity contribution >= 4 is 41.5 Å². The Morgan fingerprint density at radius 3 is 1.29 bits per heavy atom. The molecule has 63 heavy (non-hydrogen) atoms. The second kappa shape index (κ2) is 18.6. The summed E-state index contributed by atoms with van der Waals surface area (Å²) < 4.78 is 11.2. The van der Waals surface area contributed by atoms with Crippen LogP contribution in [0.1, 0.15) is 75.6 Å². The van der Waals surface area contributed by atoms with Crippen LogP contribution < -0.4 is 16.4 Å². The van der Waals surface area contributed by atoms with Crippen LogP contribution in [0.3, 0.4) is 0 Å². The lowest BCUT2D eigenvalue weighted by atomic mass is 9.84. The SMILES string of the molecule is COC(C)(C)[C@@H](C(=O)N1CCC[C@@]1(C(N)=O)c1ccc(CN(Cc2ccc([C@]3(C(N)=O)CCCN3C(=O)[C@@H](N(C)C(=O)O)C(C)(C)OC)cc2)c2ccccc2)cc1)N(C)C(=O)O. The molecule has 3 aromatic rings. The summed E-state index contributed by atoms with van der Waals surface area (Å²) in [6.07, 6.45) is -1.20. The minimum atomic E-state index is -1.52. The van der Waals surface area contributed by atoms with Crippen molar-refractivity contribution in [3.63, 3.8) is 0 Å². The van der Waals surface area contributed by atoms with E-state index in [2.05, 4.69) is 4.90 Å². The maximum atomic E-state index is 14.3. The van der Waals surface area contributed by atoms with Crippen LogP contribution in [0, 0.1) is 0 Å². The van der Waals surface area contributed by atoms with Gasteiger partial charge in [0.25, 0.3) is 0 Å². The van der Waals surface area contributed by atoms with Gasteiger partial charge in [-0.1, -0.05) is 66.7 Å². The molecule has 0 unspecified atom stereocenters. The molecule has 2 heterocycles. The van der Waals surface area contributed by atoms with Gasteiger partial charge in [-0.15, -0.1) is 0 Å². The first-order chi connectivity index (χ1) is 29.6. The van der Waals surface area contributed by atoms with Crippen molar-refractivity contribution in [3.8, 4) is 0 Å². The molecule has 2 aliphatic rings. The molecular formula is C46H61N7O10. The number of carboxylic acid groups (broad SMARTS) is 2. The van der Waals surface area contributed by atoms with Crippen LogP contribution in [0.5, 0.6) is 0 Å². The number of nitrogens with two attached hydrogens (primary N) is 2. The van der Waals surface area contributed by atoms with Gasteiger partial charge in [-0.3, -0.25) is 29.0 Å². The molecule has 4 atom stereocenters. The molecule has 3 aromatic carbocycles. The van der Waals surface area contributed by atoms with Gasteiger partial charge in [-0.25, -0.2) is 9.59 Å². The monoisotopic (exact) mass is 871 g/mol. The predicted molar refractivity (Wildman–Crippen MR) is 234 cm³/mol. The fraction of sp³-hybridized carbons (Fsp3) is 0.478. The van der Waals surface area contributed by atoms with E-state index in [-0.39, 0.29) is 25.9 Å². The molecule has 2 fully saturated rings. The van der Waals surface area contributed by atoms with Crippen LogP contribution in [0.2, 0.25) is 0 Å². The van der Waals surface area contributed by atoms with E-state index in [1.807, 2.05) is 54.6 Å². The molecule has 17 nitrogen and oxygen atoms in total. The normalized spacial score (nSPS) is 19.9. The summed E-state index contributed by atoms with van der Waals surface area (Å²) in [5.41, 5.74) is 10.5. The number of amides is 6. The van der Waals surface area contributed by atoms with Crippen LogP contribution in [-0.4, -0.2) is 130 Å². The van der Waals surface area contributed by atoms with Crippen molar-refractivity contribution in [1.82, 2.24) is 19.6 Å². The number of benzene rings is 3. The highest BCUT2D eigenvalue weighted by Crippen LogP contribution is 2.43. The molecule has 0 aromatic heterocycles. The van der Waals surface area contributed by atoms with Gasteiger partial charge in [-0.2, -0.15) is 0 Å². The van der Waals surface area contributed by atoms with E-state index in [0.29, 0.717) is 37.1 Å². The maximum absolute atomic E-state index is 14.3. The first kappa shape index (κ1) is 47.8. The van der Waals surface area contributed by atoms with Gasteiger partial charge in [0.15, 0.2) is 0 Å². The minimum Gasteiger partial charge on any atom is -0.465 e. The van der Waals surface area contributed by atoms with Crippen molar-refractivity contribution in [2.45, 2.75) is 101 Å². The van der Waals surface area contributed by atoms with Gasteiger partial charge in [0.05, 0.1) is 11.2 Å². The zero-order chi connectivity index (χ0) is 46.7. The number of primary amides is 2. The molecular weight excluding hydrogens is 811 g/mol. The van der Waals surface area contributed by atoms with E-state index in [1.54, 1.807) is 52.0 Å². The summed E-state index contributed by atoms with van der Waals surface area (Å²) in [7, 11) is 5.38. The van der Waals surface area contributed by atoms with Gasteiger partial charge < -0.3 is 45.9 Å². The summed E-state index contributed by atoms with van der Waals surface area (Å²) in [6, 6.07) is 21.8. The number of ether oxygens (including phenoxy) is 2. The molecule has 6 amide bonds. The predicted octanol–water partition coefficient (Wildman–Crippen LogP) is 4.31. The largest absolute Gasteiger partial charge is 0.465 e. The standard InChI is InChI=1S/C46H61N7O10/c1-43(2,62-7)35(49(5)41(58)59)37(54)52-26-12-24-45(52,39(47)56)32-20-16-30(17-21-32)28-51(34-14-10-9-11-15-34)29-31-18-22-33(23-19-31)46(40(48)57)25-13-27-53(46)38(55)36(44(3,4)63-8)50(6)42(60)61/h9-11,14-23,35-36H,12-13,24-29H2,1-8H3,(H2,47,56)(H2,48,57)(H,58,59)(H,60,61)/t35-,36-,45+,46+/m1/s1. The fourth-order valence-electron chi connectivity index (χ4n) is 9.32. The van der Waals surface area contributed by atoms with Gasteiger partial charge in [0.2, 0.25) is 23.6 Å². The maximum Gasteiger partial charge on any atom is 0.407 e. The molecule has 5 rings (SSSR count). The van der Waals surface area contributed by atoms with E-state index in [0.717, 1.165) is 26.6 Å². The molecule has 2 saturated heterocycles. The number of rotatable bonds is 17. The summed E-state index contributed by atoms with van der Waals surface area (Å²) in [6.45, 7) is 7.70. The highest BCUT2D eigenvalue weighted by Gasteiger charge is 2.56. The summed E-state index contributed by atoms with van der Waals surface area (Å²) in [5.74, 6) is -2.63. The van der Waals surface area contributed by atoms with Crippen LogP contribution in [0.4, 0.5) is 15.3 Å². The van der Waals surface area contributed by atoms with Gasteiger partial charge in [-0.05, 0) is 87.8 Å². The third-order valence-electron chi connectivity index (χ3n) is 13.1. The molecule has 6 N–H and O–H groups in total. The summed E-state index contributed by atoms with van der Waals surface area (Å²) in [5, 5.41) is 19.8. The van der Waals surface area contributed by atoms with Crippen LogP contribution in [0.15, 0.2) is 78.9 Å². The summed E-state index contributed by atoms with van der Waals surface area (Å²) >= 11 is 0. The van der Waals surface area contributed by atoms with Gasteiger partial charge >= 0.3 is 12.2 Å². The highest BCUT2D eigenvalue weighted by molar-refractivity contribution is 5.96. The number of hydrogen-bond acceptors (Lipinski definition) is 9. The molecule has 0 saturated carbocycles. The lowest BCUT2D eigenvalue weighted by Crippen LogP contribution is -2.63. The Morgan fingerprint density at radius 2 is 0.984 bits per heavy atom. The molecule has 0 radical (unpaired) electrons. The van der Waals surface area contributed by atoms with E-state index < -0.39 is 70.2 Å². The number of methoxy groups -OCH3 is 2. The Hall–Kier alpha value is -6.20. The number of anilines is 1. The Labute approximate surface area is 368 Å². The van der Waals surface area contributed by atoms with Crippen molar-refractivity contribution in [2.75, 3.05) is 46.3 Å². The highest BCUT2D eigenvalue weighted by atomic mass is 16.5. The van der Waals surface area contributed by atoms with Crippen molar-refractivity contribution < 1.29 is 48.5 Å². The van der Waals surface area contributed by atoms with E-state index >= 15 is 0 Å². The van der Waals surface area contributed by atoms with E-state index in [4.69, 9.17) is 20.9 Å². The Morgan fingerprint density at radius 1 is 0.635 bits per heavy atom. The molecule has 0 bridgehead atoms. The van der Waals surface area contributed by atoms with Crippen molar-refractivity contribution in [2.24, 2.45) is 11.5 Å². The quantitative estimate of drug-likeness (QED) is 0.149.